The molecule has 2 heterocycles. The molecule has 0 atom stereocenters. The molecule has 1 aromatic carbocycles. The number of nitrogens with one attached hydrogen (secondary N) is 2. The Labute approximate surface area is 196 Å². The lowest BCUT2D eigenvalue weighted by atomic mass is 9.99. The molecule has 3 rings (SSSR count). The van der Waals surface area contributed by atoms with Crippen molar-refractivity contribution in [3.05, 3.63) is 60.5 Å². The Balaban J connectivity index is 1.48. The number of fused-ring (bicyclic) bond motifs is 1. The van der Waals surface area contributed by atoms with Crippen LogP contribution in [0.4, 0.5) is 20.2 Å². The van der Waals surface area contributed by atoms with E-state index in [0.717, 1.165) is 54.3 Å². The van der Waals surface area contributed by atoms with Crippen LogP contribution in [0.1, 0.15) is 45.4 Å². The first-order chi connectivity index (χ1) is 15.8. The fraction of sp³-hybridized carbons (Fsp3) is 0.500. The van der Waals surface area contributed by atoms with Crippen molar-refractivity contribution in [3.8, 4) is 0 Å². The number of halogens is 2. The minimum atomic E-state index is -2.82. The molecule has 0 spiro atoms. The second kappa shape index (κ2) is 11.5. The first-order valence-corrected chi connectivity index (χ1v) is 11.9. The summed E-state index contributed by atoms with van der Waals surface area (Å²) in [5.41, 5.74) is 10.7. The lowest BCUT2D eigenvalue weighted by Gasteiger charge is -2.35. The van der Waals surface area contributed by atoms with Gasteiger partial charge in [-0.1, -0.05) is 38.6 Å². The number of piperidine rings is 1. The molecule has 0 radical (unpaired) electrons. The number of rotatable bonds is 11. The smallest absolute Gasteiger partial charge is 0.269 e. The van der Waals surface area contributed by atoms with Gasteiger partial charge >= 0.3 is 0 Å². The van der Waals surface area contributed by atoms with Crippen molar-refractivity contribution in [3.63, 3.8) is 0 Å². The number of alkyl halides is 2. The van der Waals surface area contributed by atoms with E-state index in [9.17, 15) is 8.78 Å². The van der Waals surface area contributed by atoms with Gasteiger partial charge in [0.2, 0.25) is 0 Å². The van der Waals surface area contributed by atoms with E-state index >= 15 is 0 Å². The summed E-state index contributed by atoms with van der Waals surface area (Å²) in [6.45, 7) is 12.2. The van der Waals surface area contributed by atoms with E-state index in [0.29, 0.717) is 38.4 Å². The van der Waals surface area contributed by atoms with Crippen molar-refractivity contribution in [2.45, 2.75) is 57.4 Å². The average molecular weight is 458 g/mol. The second-order valence-electron chi connectivity index (χ2n) is 8.86. The Hall–Kier alpha value is -2.67. The topological polar surface area (TPSA) is 65.7 Å². The predicted molar refractivity (Wildman–Crippen MR) is 134 cm³/mol. The van der Waals surface area contributed by atoms with E-state index < -0.39 is 5.92 Å². The van der Waals surface area contributed by atoms with E-state index in [4.69, 9.17) is 10.7 Å². The van der Waals surface area contributed by atoms with Crippen LogP contribution in [-0.2, 0) is 0 Å². The first-order valence-electron chi connectivity index (χ1n) is 11.9. The summed E-state index contributed by atoms with van der Waals surface area (Å²) in [5, 5.41) is 6.89. The SMILES string of the molecule is C=C(CCC(F)(F)C(=C)CCC)N1CCC(N/C=C(\CN)C2=Nc3ccccc3NC2)CC1. The summed E-state index contributed by atoms with van der Waals surface area (Å²) in [4.78, 5) is 6.89. The van der Waals surface area contributed by atoms with E-state index in [2.05, 4.69) is 28.7 Å². The lowest BCUT2D eigenvalue weighted by Crippen LogP contribution is -2.41. The molecular formula is C26H37F2N5. The number of likely N-dealkylation sites (tertiary alicyclic amines) is 1. The number of nitrogens with two attached hydrogens (primary N) is 1. The summed E-state index contributed by atoms with van der Waals surface area (Å²) >= 11 is 0. The van der Waals surface area contributed by atoms with Gasteiger partial charge in [-0.05, 0) is 43.4 Å². The number of nitrogens with zero attached hydrogens (tertiary/aromatic N) is 2. The van der Waals surface area contributed by atoms with Crippen LogP contribution in [0, 0.1) is 0 Å². The zero-order valence-corrected chi connectivity index (χ0v) is 19.7. The molecule has 2 aliphatic rings. The van der Waals surface area contributed by atoms with Gasteiger partial charge in [-0.2, -0.15) is 0 Å². The maximum absolute atomic E-state index is 14.2. The molecule has 5 nitrogen and oxygen atoms in total. The van der Waals surface area contributed by atoms with Crippen LogP contribution in [0.15, 0.2) is 65.5 Å². The van der Waals surface area contributed by atoms with E-state index in [-0.39, 0.29) is 12.0 Å². The number of allylic oxidation sites excluding steroid dienone is 2. The summed E-state index contributed by atoms with van der Waals surface area (Å²) in [5.74, 6) is -2.82. The fourth-order valence-electron chi connectivity index (χ4n) is 4.23. The van der Waals surface area contributed by atoms with Gasteiger partial charge in [0.15, 0.2) is 0 Å². The number of aliphatic imine (C=N–C) groups is 1. The Morgan fingerprint density at radius 3 is 2.70 bits per heavy atom. The molecule has 0 unspecified atom stereocenters. The molecule has 7 heteroatoms. The normalized spacial score (nSPS) is 17.2. The molecule has 0 saturated carbocycles. The monoisotopic (exact) mass is 457 g/mol. The highest BCUT2D eigenvalue weighted by molar-refractivity contribution is 6.07. The number of para-hydroxylation sites is 2. The summed E-state index contributed by atoms with van der Waals surface area (Å²) in [6, 6.07) is 8.28. The van der Waals surface area contributed by atoms with Gasteiger partial charge in [0.1, 0.15) is 0 Å². The molecule has 1 saturated heterocycles. The number of anilines is 1. The summed E-state index contributed by atoms with van der Waals surface area (Å²) in [7, 11) is 0. The lowest BCUT2D eigenvalue weighted by molar-refractivity contribution is 0.0274. The van der Waals surface area contributed by atoms with Crippen LogP contribution in [0.25, 0.3) is 0 Å². The molecule has 2 aliphatic heterocycles. The van der Waals surface area contributed by atoms with Crippen LogP contribution in [0.2, 0.25) is 0 Å². The third-order valence-corrected chi connectivity index (χ3v) is 6.43. The zero-order chi connectivity index (χ0) is 23.8. The molecule has 33 heavy (non-hydrogen) atoms. The standard InChI is InChI=1S/C26H37F2N5/c1-4-7-19(2)26(27,28)13-10-20(3)33-14-11-22(12-15-33)30-17-21(16-29)25-18-31-23-8-5-6-9-24(23)32-25/h5-6,8-9,17,22,30-31H,2-4,7,10-16,18,29H2,1H3/b21-17+. The number of hydrogen-bond acceptors (Lipinski definition) is 5. The molecular weight excluding hydrogens is 420 g/mol. The third-order valence-electron chi connectivity index (χ3n) is 6.43. The Morgan fingerprint density at radius 1 is 1.27 bits per heavy atom. The third kappa shape index (κ3) is 6.67. The second-order valence-corrected chi connectivity index (χ2v) is 8.86. The summed E-state index contributed by atoms with van der Waals surface area (Å²) < 4.78 is 28.5. The van der Waals surface area contributed by atoms with Gasteiger partial charge in [0, 0.05) is 49.6 Å². The van der Waals surface area contributed by atoms with Crippen LogP contribution < -0.4 is 16.4 Å². The largest absolute Gasteiger partial charge is 0.388 e. The number of hydrogen-bond donors (Lipinski definition) is 3. The van der Waals surface area contributed by atoms with Crippen LogP contribution >= 0.6 is 0 Å². The molecule has 0 aromatic heterocycles. The predicted octanol–water partition coefficient (Wildman–Crippen LogP) is 5.37. The van der Waals surface area contributed by atoms with Crippen LogP contribution in [0.5, 0.6) is 0 Å². The van der Waals surface area contributed by atoms with Crippen molar-refractivity contribution in [2.24, 2.45) is 10.7 Å². The van der Waals surface area contributed by atoms with Gasteiger partial charge in [-0.25, -0.2) is 13.8 Å². The molecule has 0 bridgehead atoms. The summed E-state index contributed by atoms with van der Waals surface area (Å²) in [6.07, 6.45) is 4.95. The van der Waals surface area contributed by atoms with Gasteiger partial charge in [-0.3, -0.25) is 0 Å². The van der Waals surface area contributed by atoms with E-state index in [1.54, 1.807) is 0 Å². The minimum Gasteiger partial charge on any atom is -0.388 e. The zero-order valence-electron chi connectivity index (χ0n) is 19.7. The van der Waals surface area contributed by atoms with Crippen molar-refractivity contribution in [2.75, 3.05) is 31.5 Å². The molecule has 0 amide bonds. The van der Waals surface area contributed by atoms with Crippen molar-refractivity contribution in [1.82, 2.24) is 10.2 Å². The molecule has 1 aromatic rings. The molecule has 180 valence electrons. The van der Waals surface area contributed by atoms with Crippen molar-refractivity contribution < 1.29 is 8.78 Å². The highest BCUT2D eigenvalue weighted by Gasteiger charge is 2.32. The molecule has 4 N–H and O–H groups in total. The maximum Gasteiger partial charge on any atom is 0.269 e. The highest BCUT2D eigenvalue weighted by atomic mass is 19.3. The number of benzene rings is 1. The minimum absolute atomic E-state index is 0.0319. The van der Waals surface area contributed by atoms with Gasteiger partial charge in [-0.15, -0.1) is 0 Å². The van der Waals surface area contributed by atoms with Crippen LogP contribution in [-0.4, -0.2) is 48.8 Å². The fourth-order valence-corrected chi connectivity index (χ4v) is 4.23. The van der Waals surface area contributed by atoms with Crippen molar-refractivity contribution >= 4 is 17.1 Å². The first kappa shape index (κ1) is 25.0. The van der Waals surface area contributed by atoms with E-state index in [1.165, 1.54) is 0 Å². The highest BCUT2D eigenvalue weighted by Crippen LogP contribution is 2.33. The van der Waals surface area contributed by atoms with E-state index in [1.807, 2.05) is 37.4 Å². The maximum atomic E-state index is 14.2. The van der Waals surface area contributed by atoms with Gasteiger partial charge in [0.25, 0.3) is 5.92 Å². The van der Waals surface area contributed by atoms with Gasteiger partial charge < -0.3 is 21.3 Å². The molecule has 1 fully saturated rings. The van der Waals surface area contributed by atoms with Gasteiger partial charge in [0.05, 0.1) is 23.6 Å². The Morgan fingerprint density at radius 2 is 2.00 bits per heavy atom. The van der Waals surface area contributed by atoms with Crippen molar-refractivity contribution in [1.29, 1.82) is 0 Å². The Bertz CT molecular complexity index is 898. The van der Waals surface area contributed by atoms with Crippen LogP contribution in [0.3, 0.4) is 0 Å². The quantitative estimate of drug-likeness (QED) is 0.391. The Kier molecular flexibility index (Phi) is 8.67. The molecule has 0 aliphatic carbocycles. The average Bonchev–Trinajstić information content (AvgIpc) is 2.83.